The Morgan fingerprint density at radius 3 is 1.14 bits per heavy atom. The van der Waals surface area contributed by atoms with Crippen molar-refractivity contribution in [3.63, 3.8) is 0 Å². The van der Waals surface area contributed by atoms with Crippen LogP contribution in [0.3, 0.4) is 0 Å². The first-order valence-electron chi connectivity index (χ1n) is 27.0. The van der Waals surface area contributed by atoms with E-state index in [9.17, 15) is 0 Å². The van der Waals surface area contributed by atoms with Crippen molar-refractivity contribution in [3.05, 3.63) is 319 Å². The van der Waals surface area contributed by atoms with Gasteiger partial charge in [-0.1, -0.05) is 153 Å². The molecule has 4 N–H and O–H groups in total. The predicted octanol–water partition coefficient (Wildman–Crippen LogP) is 16.5. The van der Waals surface area contributed by atoms with Gasteiger partial charge in [0.25, 0.3) is 0 Å². The topological polar surface area (TPSA) is 100 Å². The summed E-state index contributed by atoms with van der Waals surface area (Å²) in [5.74, 6) is 0. The van der Waals surface area contributed by atoms with E-state index in [1.807, 2.05) is 0 Å². The molecule has 0 unspecified atom stereocenters. The Kier molecular flexibility index (Phi) is 11.6. The minimum Gasteiger partial charge on any atom is -0.358 e. The highest BCUT2D eigenvalue weighted by molar-refractivity contribution is 6.52. The number of hydrogen-bond donors (Lipinski definition) is 4. The highest BCUT2D eigenvalue weighted by Crippen LogP contribution is 2.44. The third kappa shape index (κ3) is 8.25. The van der Waals surface area contributed by atoms with E-state index >= 15 is 0 Å². The molecule has 16 bridgehead atoms. The zero-order valence-electron chi connectivity index (χ0n) is 45.4. The second kappa shape index (κ2) is 18.7. The molecule has 5 aliphatic rings. The summed E-state index contributed by atoms with van der Waals surface area (Å²) in [5.41, 5.74) is 28.3. The smallest absolute Gasteiger partial charge is 0.0897 e. The molecule has 8 heterocycles. The predicted molar refractivity (Wildman–Crippen MR) is 323 cm³/mol. The van der Waals surface area contributed by atoms with Gasteiger partial charge in [-0.2, -0.15) is 0 Å². The average molecular weight is 1010 g/mol. The van der Waals surface area contributed by atoms with Gasteiger partial charge in [-0.3, -0.25) is 0 Å². The number of benzene rings is 4. The van der Waals surface area contributed by atoms with Crippen LogP contribution in [0.4, 0.5) is 0 Å². The van der Waals surface area contributed by atoms with Gasteiger partial charge < -0.3 is 19.9 Å². The lowest BCUT2D eigenvalue weighted by Gasteiger charge is -2.24. The van der Waals surface area contributed by atoms with Crippen molar-refractivity contribution in [3.8, 4) is 0 Å². The van der Waals surface area contributed by atoms with Crippen molar-refractivity contribution in [2.24, 2.45) is 15.0 Å². The molecule has 0 amide bonds. The molecule has 1 aliphatic carbocycles. The lowest BCUT2D eigenvalue weighted by Crippen LogP contribution is -2.20. The second-order valence-electron chi connectivity index (χ2n) is 22.2. The van der Waals surface area contributed by atoms with E-state index in [0.29, 0.717) is 0 Å². The highest BCUT2D eigenvalue weighted by Gasteiger charge is 2.33. The van der Waals surface area contributed by atoms with Crippen molar-refractivity contribution in [1.29, 1.82) is 0 Å². The summed E-state index contributed by atoms with van der Waals surface area (Å²) in [5, 5.41) is 0. The maximum Gasteiger partial charge on any atom is 0.0897 e. The molecule has 4 aromatic heterocycles. The lowest BCUT2D eigenvalue weighted by molar-refractivity contribution is 0.602. The van der Waals surface area contributed by atoms with Crippen LogP contribution in [0.2, 0.25) is 0 Å². The van der Waals surface area contributed by atoms with Crippen LogP contribution in [0, 0.1) is 6.92 Å². The maximum atomic E-state index is 5.51. The van der Waals surface area contributed by atoms with Gasteiger partial charge in [0.15, 0.2) is 0 Å². The van der Waals surface area contributed by atoms with Gasteiger partial charge in [0, 0.05) is 67.3 Å². The van der Waals surface area contributed by atoms with Gasteiger partial charge in [0.1, 0.15) is 0 Å². The molecule has 0 spiro atoms. The fourth-order valence-corrected chi connectivity index (χ4v) is 11.8. The molecule has 8 aromatic rings. The number of aliphatic imine (C=N–C) groups is 3. The number of rotatable bonds is 4. The maximum absolute atomic E-state index is 5.51. The van der Waals surface area contributed by atoms with Gasteiger partial charge in [0.2, 0.25) is 0 Å². The summed E-state index contributed by atoms with van der Waals surface area (Å²) in [6.07, 6.45) is 13.5. The van der Waals surface area contributed by atoms with E-state index in [4.69, 9.17) is 15.0 Å². The van der Waals surface area contributed by atoms with Crippen LogP contribution >= 0.6 is 0 Å². The molecular weight excluding hydrogens is 951 g/mol. The minimum atomic E-state index is -0.441. The number of allylic oxidation sites excluding steroid dienone is 11. The number of aromatic nitrogens is 4. The standard InChI is InChI=1S/C71H61N7/c1-42-37-55-56-38-43(2)68(76-56)64(48-25-17-11-18-26-48)53-32-35-60(73-53)71(7,8)61-36-33-54(74-61)65(49-27-19-12-20-28-49)69-45(4)40-58(78-69)57-39-44(3)67(77-57)63(47-23-15-10-16-24-47)52-31-34-59(72-52)70(5,6)51-30-29-50(41-51)62(66(42)75-55)46-21-13-9-14-22-46/h9-41,72-75H,1-8H3/b62-50+,67-63-,68-64-,69-65+. The summed E-state index contributed by atoms with van der Waals surface area (Å²) in [6, 6.07) is 58.2. The molecule has 4 aliphatic heterocycles. The fraction of sp³-hybridized carbons (Fsp3) is 0.141. The molecule has 78 heavy (non-hydrogen) atoms. The van der Waals surface area contributed by atoms with Crippen molar-refractivity contribution >= 4 is 39.4 Å². The average Bonchev–Trinajstić information content (AvgIpc) is 4.37. The summed E-state index contributed by atoms with van der Waals surface area (Å²) in [4.78, 5) is 32.2. The minimum absolute atomic E-state index is 0.383. The Hall–Kier alpha value is -9.33. The summed E-state index contributed by atoms with van der Waals surface area (Å²) in [6.45, 7) is 17.9. The molecule has 0 fully saturated rings. The summed E-state index contributed by atoms with van der Waals surface area (Å²) >= 11 is 0. The van der Waals surface area contributed by atoms with Crippen molar-refractivity contribution in [1.82, 2.24) is 19.9 Å². The van der Waals surface area contributed by atoms with Crippen LogP contribution in [0.5, 0.6) is 0 Å². The zero-order valence-corrected chi connectivity index (χ0v) is 45.4. The number of nitrogens with zero attached hydrogens (tertiary/aromatic N) is 3. The van der Waals surface area contributed by atoms with Gasteiger partial charge in [0.05, 0.1) is 45.6 Å². The molecule has 0 saturated carbocycles. The van der Waals surface area contributed by atoms with Crippen LogP contribution in [-0.4, -0.2) is 37.1 Å². The molecule has 7 heteroatoms. The normalized spacial score (nSPS) is 21.4. The van der Waals surface area contributed by atoms with Crippen molar-refractivity contribution in [2.45, 2.75) is 66.2 Å². The molecule has 0 saturated heterocycles. The molecular formula is C71H61N7. The number of hydrogen-bond acceptors (Lipinski definition) is 3. The van der Waals surface area contributed by atoms with E-state index in [-0.39, 0.29) is 5.41 Å². The van der Waals surface area contributed by atoms with E-state index < -0.39 is 5.41 Å². The third-order valence-corrected chi connectivity index (χ3v) is 16.3. The van der Waals surface area contributed by atoms with Crippen LogP contribution < -0.4 is 0 Å². The van der Waals surface area contributed by atoms with Gasteiger partial charge in [-0.15, -0.1) is 0 Å². The highest BCUT2D eigenvalue weighted by atomic mass is 14.9. The zero-order chi connectivity index (χ0) is 53.5. The van der Waals surface area contributed by atoms with Gasteiger partial charge in [-0.05, 0) is 158 Å². The number of aryl methyl sites for hydroxylation is 1. The van der Waals surface area contributed by atoms with Crippen molar-refractivity contribution < 1.29 is 0 Å². The first-order chi connectivity index (χ1) is 37.8. The van der Waals surface area contributed by atoms with Gasteiger partial charge in [-0.25, -0.2) is 15.0 Å². The molecule has 380 valence electrons. The molecule has 13 rings (SSSR count). The Labute approximate surface area is 456 Å². The van der Waals surface area contributed by atoms with E-state index in [2.05, 4.69) is 276 Å². The van der Waals surface area contributed by atoms with Crippen LogP contribution in [0.25, 0.3) is 22.3 Å². The largest absolute Gasteiger partial charge is 0.358 e. The van der Waals surface area contributed by atoms with Crippen molar-refractivity contribution in [2.75, 3.05) is 0 Å². The first kappa shape index (κ1) is 48.3. The Bertz CT molecular complexity index is 4170. The van der Waals surface area contributed by atoms with Crippen LogP contribution in [0.1, 0.15) is 122 Å². The second-order valence-corrected chi connectivity index (χ2v) is 22.2. The quantitative estimate of drug-likeness (QED) is 0.135. The SMILES string of the molecule is CC1=CC2=N/C1=C(/c1ccccc1)c1ccc([nH]1)C(C)(C)C1=C/C(=C(\c3ccccc3)c3[nH]c(cc3C)C3=N/C(=C(/c4ccccc4)c4ccc([nH]4)C(C)(C)c4ccc([nH]4)/C(c4ccccc4)=C4/N=C2C=C4C)C(C)=C3)C=C1. The fourth-order valence-electron chi connectivity index (χ4n) is 11.8. The van der Waals surface area contributed by atoms with Crippen LogP contribution in [0.15, 0.2) is 260 Å². The number of aromatic amines is 4. The first-order valence-corrected chi connectivity index (χ1v) is 27.0. The Morgan fingerprint density at radius 2 is 0.718 bits per heavy atom. The number of fused-ring (bicyclic) bond motifs is 14. The summed E-state index contributed by atoms with van der Waals surface area (Å²) in [7, 11) is 0. The summed E-state index contributed by atoms with van der Waals surface area (Å²) < 4.78 is 0. The van der Waals surface area contributed by atoms with E-state index in [1.54, 1.807) is 0 Å². The third-order valence-electron chi connectivity index (χ3n) is 16.3. The van der Waals surface area contributed by atoms with Gasteiger partial charge >= 0.3 is 0 Å². The number of H-pyrrole nitrogens is 4. The number of nitrogens with one attached hydrogen (secondary N) is 4. The molecule has 7 nitrogen and oxygen atoms in total. The monoisotopic (exact) mass is 1010 g/mol. The van der Waals surface area contributed by atoms with E-state index in [1.165, 1.54) is 5.57 Å². The van der Waals surface area contributed by atoms with Crippen LogP contribution in [-0.2, 0) is 10.8 Å². The molecule has 4 aromatic carbocycles. The Balaban J connectivity index is 1.03. The molecule has 0 radical (unpaired) electrons. The lowest BCUT2D eigenvalue weighted by atomic mass is 9.81. The van der Waals surface area contributed by atoms with E-state index in [0.717, 1.165) is 152 Å². The molecule has 0 atom stereocenters. The Morgan fingerprint density at radius 1 is 0.346 bits per heavy atom.